The first-order valence-corrected chi connectivity index (χ1v) is 15.0. The van der Waals surface area contributed by atoms with Gasteiger partial charge in [0.05, 0.1) is 0 Å². The van der Waals surface area contributed by atoms with Crippen molar-refractivity contribution in [3.05, 3.63) is 51.2 Å². The first-order chi connectivity index (χ1) is 17.9. The second-order valence-corrected chi connectivity index (χ2v) is 12.3. The number of phenolic OH excluding ortho intramolecular Hbond substituents is 1. The lowest BCUT2D eigenvalue weighted by Crippen LogP contribution is -2.55. The number of amides is 3. The molecule has 10 heteroatoms. The summed E-state index contributed by atoms with van der Waals surface area (Å²) in [5.41, 5.74) is 1.69. The molecule has 38 heavy (non-hydrogen) atoms. The van der Waals surface area contributed by atoms with E-state index in [4.69, 9.17) is 4.74 Å². The zero-order valence-electron chi connectivity index (χ0n) is 23.2. The van der Waals surface area contributed by atoms with Gasteiger partial charge in [0.1, 0.15) is 23.4 Å². The Morgan fingerprint density at radius 2 is 1.76 bits per heavy atom. The molecule has 2 aromatic rings. The number of carbonyl (C=O) groups excluding carboxylic acids is 3. The Balaban J connectivity index is 2.14. The predicted octanol–water partition coefficient (Wildman–Crippen LogP) is 4.49. The van der Waals surface area contributed by atoms with Gasteiger partial charge in [0, 0.05) is 17.8 Å². The number of alkyl carbamates (subject to hydrolysis) is 1. The lowest BCUT2D eigenvalue weighted by atomic mass is 9.95. The molecular weight excluding hydrogens is 522 g/mol. The molecule has 1 aromatic heterocycles. The summed E-state index contributed by atoms with van der Waals surface area (Å²) in [6, 6.07) is 5.61. The van der Waals surface area contributed by atoms with Gasteiger partial charge >= 0.3 is 6.09 Å². The Bertz CT molecular complexity index is 1040. The van der Waals surface area contributed by atoms with Crippen LogP contribution < -0.4 is 16.0 Å². The summed E-state index contributed by atoms with van der Waals surface area (Å²) < 4.78 is 5.40. The van der Waals surface area contributed by atoms with E-state index in [2.05, 4.69) is 22.0 Å². The van der Waals surface area contributed by atoms with Crippen molar-refractivity contribution in [2.45, 2.75) is 78.0 Å². The first-order valence-electron chi connectivity index (χ1n) is 12.8. The number of ether oxygens (including phenoxy) is 1. The molecule has 0 aliphatic rings. The van der Waals surface area contributed by atoms with E-state index in [-0.39, 0.29) is 18.1 Å². The third kappa shape index (κ3) is 10.9. The maximum Gasteiger partial charge on any atom is 0.408 e. The Morgan fingerprint density at radius 3 is 2.34 bits per heavy atom. The number of hydrogen-bond acceptors (Lipinski definition) is 7. The molecule has 2 rings (SSSR count). The van der Waals surface area contributed by atoms with E-state index >= 15 is 0 Å². The monoisotopic (exact) mass is 563 g/mol. The van der Waals surface area contributed by atoms with E-state index in [0.29, 0.717) is 18.7 Å². The van der Waals surface area contributed by atoms with E-state index in [1.54, 1.807) is 56.0 Å². The molecule has 0 spiro atoms. The second-order valence-electron chi connectivity index (χ2n) is 10.3. The van der Waals surface area contributed by atoms with Crippen molar-refractivity contribution in [3.8, 4) is 5.75 Å². The second kappa shape index (κ2) is 15.0. The van der Waals surface area contributed by atoms with Crippen molar-refractivity contribution in [1.29, 1.82) is 0 Å². The zero-order valence-corrected chi connectivity index (χ0v) is 24.8. The van der Waals surface area contributed by atoms with Crippen molar-refractivity contribution in [3.63, 3.8) is 0 Å². The van der Waals surface area contributed by atoms with Crippen LogP contribution in [0.3, 0.4) is 0 Å². The molecule has 1 heterocycles. The van der Waals surface area contributed by atoms with E-state index in [1.807, 2.05) is 31.5 Å². The maximum absolute atomic E-state index is 13.5. The summed E-state index contributed by atoms with van der Waals surface area (Å²) in [4.78, 5) is 40.4. The molecule has 1 aromatic carbocycles. The Kier molecular flexibility index (Phi) is 12.4. The van der Waals surface area contributed by atoms with Crippen LogP contribution in [-0.2, 0) is 27.2 Å². The quantitative estimate of drug-likeness (QED) is 0.267. The normalized spacial score (nSPS) is 12.9. The van der Waals surface area contributed by atoms with Crippen LogP contribution in [0.4, 0.5) is 4.79 Å². The predicted molar refractivity (Wildman–Crippen MR) is 155 cm³/mol. The number of thioether (sulfide) groups is 1. The van der Waals surface area contributed by atoms with Crippen molar-refractivity contribution in [1.82, 2.24) is 16.0 Å². The number of nitrogens with one attached hydrogen (secondary N) is 3. The molecule has 1 unspecified atom stereocenters. The van der Waals surface area contributed by atoms with Gasteiger partial charge in [-0.1, -0.05) is 6.07 Å². The topological polar surface area (TPSA) is 117 Å². The molecule has 2 atom stereocenters. The minimum atomic E-state index is -0.977. The number of thiophene rings is 1. The van der Waals surface area contributed by atoms with Crippen LogP contribution in [0.2, 0.25) is 0 Å². The number of aromatic hydroxyl groups is 1. The summed E-state index contributed by atoms with van der Waals surface area (Å²) in [6.45, 7) is 9.43. The summed E-state index contributed by atoms with van der Waals surface area (Å²) in [5.74, 6) is 0.111. The molecule has 210 valence electrons. The molecule has 0 aliphatic carbocycles. The molecule has 0 saturated carbocycles. The molecule has 3 amide bonds. The first kappa shape index (κ1) is 31.5. The maximum atomic E-state index is 13.5. The van der Waals surface area contributed by atoms with Gasteiger partial charge in [0.2, 0.25) is 11.8 Å². The van der Waals surface area contributed by atoms with Crippen LogP contribution >= 0.6 is 23.1 Å². The standard InChI is InChI=1S/C28H41N3O5S2/c1-18-15-20(32)16-19(2)22(18)17-24(31-27(35)36-28(3,4)5)26(34)30-23(11-14-37-6)25(33)29-12-7-9-21-10-8-13-38-21/h8,10,13,15-16,23-24,32H,7,9,11-12,14,17H2,1-6H3,(H,29,33)(H,30,34)(H,31,35)/t23-,24?/m1/s1. The SMILES string of the molecule is CSCC[C@@H](NC(=O)C(Cc1c(C)cc(O)cc1C)NC(=O)OC(C)(C)C)C(=O)NCCCc1cccs1. The lowest BCUT2D eigenvalue weighted by molar-refractivity contribution is -0.130. The summed E-state index contributed by atoms with van der Waals surface area (Å²) >= 11 is 3.28. The Labute approximate surface area is 234 Å². The molecule has 0 radical (unpaired) electrons. The molecule has 0 fully saturated rings. The van der Waals surface area contributed by atoms with Crippen LogP contribution in [-0.4, -0.2) is 59.3 Å². The van der Waals surface area contributed by atoms with Gasteiger partial charge in [-0.25, -0.2) is 4.79 Å². The highest BCUT2D eigenvalue weighted by Crippen LogP contribution is 2.22. The highest BCUT2D eigenvalue weighted by Gasteiger charge is 2.29. The van der Waals surface area contributed by atoms with E-state index in [9.17, 15) is 19.5 Å². The average molecular weight is 564 g/mol. The number of phenols is 1. The van der Waals surface area contributed by atoms with Gasteiger partial charge < -0.3 is 25.8 Å². The van der Waals surface area contributed by atoms with Crippen molar-refractivity contribution in [2.24, 2.45) is 0 Å². The summed E-state index contributed by atoms with van der Waals surface area (Å²) in [6.07, 6.45) is 3.55. The van der Waals surface area contributed by atoms with Gasteiger partial charge in [0.25, 0.3) is 0 Å². The van der Waals surface area contributed by atoms with Crippen LogP contribution in [0.15, 0.2) is 29.6 Å². The average Bonchev–Trinajstić information content (AvgIpc) is 3.33. The number of hydrogen-bond donors (Lipinski definition) is 4. The smallest absolute Gasteiger partial charge is 0.408 e. The van der Waals surface area contributed by atoms with E-state index in [1.165, 1.54) is 4.88 Å². The molecule has 4 N–H and O–H groups in total. The highest BCUT2D eigenvalue weighted by molar-refractivity contribution is 7.98. The van der Waals surface area contributed by atoms with E-state index in [0.717, 1.165) is 29.5 Å². The molecule has 0 bridgehead atoms. The van der Waals surface area contributed by atoms with Gasteiger partial charge in [0.15, 0.2) is 0 Å². The molecule has 0 aliphatic heterocycles. The third-order valence-corrected chi connectivity index (χ3v) is 7.40. The van der Waals surface area contributed by atoms with Crippen LogP contribution in [0, 0.1) is 13.8 Å². The minimum Gasteiger partial charge on any atom is -0.508 e. The van der Waals surface area contributed by atoms with Crippen molar-refractivity contribution < 1.29 is 24.2 Å². The van der Waals surface area contributed by atoms with Crippen molar-refractivity contribution in [2.75, 3.05) is 18.6 Å². The fraction of sp³-hybridized carbons (Fsp3) is 0.536. The fourth-order valence-electron chi connectivity index (χ4n) is 3.98. The number of rotatable bonds is 13. The lowest BCUT2D eigenvalue weighted by Gasteiger charge is -2.26. The molecule has 8 nitrogen and oxygen atoms in total. The summed E-state index contributed by atoms with van der Waals surface area (Å²) in [7, 11) is 0. The van der Waals surface area contributed by atoms with Gasteiger partial charge in [-0.3, -0.25) is 9.59 Å². The van der Waals surface area contributed by atoms with E-state index < -0.39 is 29.7 Å². The number of aryl methyl sites for hydroxylation is 3. The zero-order chi connectivity index (χ0) is 28.3. The fourth-order valence-corrected chi connectivity index (χ4v) is 5.21. The third-order valence-electron chi connectivity index (χ3n) is 5.82. The Morgan fingerprint density at radius 1 is 1.08 bits per heavy atom. The van der Waals surface area contributed by atoms with Gasteiger partial charge in [-0.2, -0.15) is 11.8 Å². The van der Waals surface area contributed by atoms with Gasteiger partial charge in [-0.05, 0) is 106 Å². The largest absolute Gasteiger partial charge is 0.508 e. The minimum absolute atomic E-state index is 0.137. The summed E-state index contributed by atoms with van der Waals surface area (Å²) in [5, 5.41) is 20.5. The molecule has 0 saturated heterocycles. The van der Waals surface area contributed by atoms with Crippen molar-refractivity contribution >= 4 is 41.0 Å². The van der Waals surface area contributed by atoms with Gasteiger partial charge in [-0.15, -0.1) is 11.3 Å². The highest BCUT2D eigenvalue weighted by atomic mass is 32.2. The van der Waals surface area contributed by atoms with Crippen LogP contribution in [0.25, 0.3) is 0 Å². The Hall–Kier alpha value is -2.72. The van der Waals surface area contributed by atoms with Crippen LogP contribution in [0.5, 0.6) is 5.75 Å². The number of carbonyl (C=O) groups is 3. The van der Waals surface area contributed by atoms with Crippen LogP contribution in [0.1, 0.15) is 55.2 Å². The number of benzene rings is 1. The molecular formula is C28H41N3O5S2.